The van der Waals surface area contributed by atoms with Crippen molar-refractivity contribution < 1.29 is 32.6 Å². The zero-order valence-corrected chi connectivity index (χ0v) is 17.5. The molecule has 0 radical (unpaired) electrons. The number of nitrogens with zero attached hydrogens (tertiary/aromatic N) is 5. The molecule has 1 amide bonds. The monoisotopic (exact) mass is 461 g/mol. The predicted molar refractivity (Wildman–Crippen MR) is 105 cm³/mol. The number of anilines is 1. The molecular weight excluding hydrogens is 439 g/mol. The number of carbonyl (C=O) groups excluding carboxylic acids is 1. The molecule has 170 valence electrons. The molecule has 1 N–H and O–H groups in total. The third-order valence-corrected chi connectivity index (χ3v) is 5.71. The average molecular weight is 461 g/mol. The van der Waals surface area contributed by atoms with Crippen LogP contribution in [0.4, 0.5) is 18.3 Å². The Labute approximate surface area is 180 Å². The number of carboxylic acid groups (broad SMARTS) is 1. The van der Waals surface area contributed by atoms with Crippen molar-refractivity contribution in [2.45, 2.75) is 25.1 Å². The summed E-state index contributed by atoms with van der Waals surface area (Å²) in [7, 11) is 1.82. The summed E-state index contributed by atoms with van der Waals surface area (Å²) in [6.45, 7) is 3.76. The number of thiazole rings is 1. The van der Waals surface area contributed by atoms with Crippen LogP contribution in [0.25, 0.3) is 0 Å². The van der Waals surface area contributed by atoms with E-state index in [0.29, 0.717) is 25.5 Å². The Bertz CT molecular complexity index is 910. The Balaban J connectivity index is 0.000000339. The number of alkyl halides is 3. The molecule has 0 saturated carbocycles. The minimum absolute atomic E-state index is 0.0559. The van der Waals surface area contributed by atoms with Crippen molar-refractivity contribution in [3.05, 3.63) is 29.0 Å². The summed E-state index contributed by atoms with van der Waals surface area (Å²) in [5, 5.41) is 14.5. The minimum Gasteiger partial charge on any atom is -0.475 e. The predicted octanol–water partition coefficient (Wildman–Crippen LogP) is 2.32. The molecule has 0 aromatic carbocycles. The van der Waals surface area contributed by atoms with Crippen LogP contribution in [-0.4, -0.2) is 75.7 Å². The molecule has 1 atom stereocenters. The summed E-state index contributed by atoms with van der Waals surface area (Å²) in [5.41, 5.74) is 1.39. The second kappa shape index (κ2) is 9.64. The van der Waals surface area contributed by atoms with Crippen LogP contribution in [0.2, 0.25) is 0 Å². The van der Waals surface area contributed by atoms with Crippen molar-refractivity contribution in [1.82, 2.24) is 19.7 Å². The standard InChI is InChI=1S/C16H21N5O2S.C2HF3O2/c1-19-7-4-12(18-19)15(22)21-8-9-23-10-14(21)13-11-24-16(17-13)20-5-2-3-6-20;3-2(4,5)1(6)7/h4,7,11,14H,2-3,5-6,8-10H2,1H3;(H,6,7). The van der Waals surface area contributed by atoms with Crippen LogP contribution in [-0.2, 0) is 16.6 Å². The highest BCUT2D eigenvalue weighted by Gasteiger charge is 2.38. The van der Waals surface area contributed by atoms with Gasteiger partial charge in [0, 0.05) is 38.3 Å². The summed E-state index contributed by atoms with van der Waals surface area (Å²) < 4.78 is 39.0. The van der Waals surface area contributed by atoms with E-state index in [1.54, 1.807) is 28.3 Å². The van der Waals surface area contributed by atoms with Gasteiger partial charge in [-0.1, -0.05) is 0 Å². The number of carboxylic acids is 1. The van der Waals surface area contributed by atoms with Crippen LogP contribution in [0.1, 0.15) is 35.1 Å². The number of amides is 1. The molecule has 2 fully saturated rings. The minimum atomic E-state index is -5.08. The summed E-state index contributed by atoms with van der Waals surface area (Å²) >= 11 is 1.66. The van der Waals surface area contributed by atoms with Crippen molar-refractivity contribution in [2.75, 3.05) is 37.7 Å². The fraction of sp³-hybridized carbons (Fsp3) is 0.556. The van der Waals surface area contributed by atoms with Gasteiger partial charge >= 0.3 is 12.1 Å². The molecule has 2 saturated heterocycles. The first-order valence-electron chi connectivity index (χ1n) is 9.55. The number of halogens is 3. The zero-order chi connectivity index (χ0) is 22.6. The number of ether oxygens (including phenoxy) is 1. The molecule has 1 unspecified atom stereocenters. The van der Waals surface area contributed by atoms with Gasteiger partial charge in [0.2, 0.25) is 0 Å². The molecule has 2 aliphatic rings. The number of rotatable bonds is 3. The van der Waals surface area contributed by atoms with E-state index in [1.807, 2.05) is 11.9 Å². The average Bonchev–Trinajstić information content (AvgIpc) is 3.48. The van der Waals surface area contributed by atoms with E-state index in [4.69, 9.17) is 19.6 Å². The van der Waals surface area contributed by atoms with Gasteiger partial charge in [-0.25, -0.2) is 9.78 Å². The highest BCUT2D eigenvalue weighted by Crippen LogP contribution is 2.31. The molecule has 13 heteroatoms. The molecular formula is C18H22F3N5O4S. The third kappa shape index (κ3) is 5.73. The topological polar surface area (TPSA) is 101 Å². The number of aryl methyl sites for hydroxylation is 1. The first-order valence-corrected chi connectivity index (χ1v) is 10.4. The van der Waals surface area contributed by atoms with Crippen LogP contribution in [0, 0.1) is 0 Å². The number of hydrogen-bond donors (Lipinski definition) is 1. The summed E-state index contributed by atoms with van der Waals surface area (Å²) in [6.07, 6.45) is -0.839. The van der Waals surface area contributed by atoms with E-state index in [-0.39, 0.29) is 11.9 Å². The van der Waals surface area contributed by atoms with E-state index in [0.717, 1.165) is 23.9 Å². The maximum atomic E-state index is 12.8. The quantitative estimate of drug-likeness (QED) is 0.749. The fourth-order valence-corrected chi connectivity index (χ4v) is 4.18. The summed E-state index contributed by atoms with van der Waals surface area (Å²) in [4.78, 5) is 30.7. The Morgan fingerprint density at radius 2 is 1.94 bits per heavy atom. The van der Waals surface area contributed by atoms with E-state index in [2.05, 4.69) is 15.4 Å². The number of aromatic nitrogens is 3. The Morgan fingerprint density at radius 3 is 2.52 bits per heavy atom. The number of morpholine rings is 1. The maximum absolute atomic E-state index is 12.8. The van der Waals surface area contributed by atoms with Crippen LogP contribution >= 0.6 is 11.3 Å². The SMILES string of the molecule is Cn1ccc(C(=O)N2CCOCC2c2csc(N3CCCC3)n2)n1.O=C(O)C(F)(F)F. The molecule has 31 heavy (non-hydrogen) atoms. The van der Waals surface area contributed by atoms with Gasteiger partial charge in [-0.15, -0.1) is 11.3 Å². The highest BCUT2D eigenvalue weighted by molar-refractivity contribution is 7.13. The molecule has 9 nitrogen and oxygen atoms in total. The first-order chi connectivity index (χ1) is 14.7. The molecule has 0 spiro atoms. The molecule has 2 aromatic heterocycles. The van der Waals surface area contributed by atoms with Gasteiger partial charge in [0.05, 0.1) is 24.9 Å². The summed E-state index contributed by atoms with van der Waals surface area (Å²) in [6, 6.07) is 1.62. The third-order valence-electron chi connectivity index (χ3n) is 4.79. The fourth-order valence-electron chi connectivity index (χ4n) is 3.25. The van der Waals surface area contributed by atoms with E-state index >= 15 is 0 Å². The second-order valence-corrected chi connectivity index (χ2v) is 7.85. The van der Waals surface area contributed by atoms with Crippen molar-refractivity contribution in [3.8, 4) is 0 Å². The Morgan fingerprint density at radius 1 is 1.26 bits per heavy atom. The van der Waals surface area contributed by atoms with E-state index < -0.39 is 12.1 Å². The van der Waals surface area contributed by atoms with Gasteiger partial charge in [0.1, 0.15) is 5.69 Å². The molecule has 0 bridgehead atoms. The molecule has 4 heterocycles. The lowest BCUT2D eigenvalue weighted by Crippen LogP contribution is -2.43. The first kappa shape index (κ1) is 23.0. The van der Waals surface area contributed by atoms with Gasteiger partial charge in [-0.05, 0) is 18.9 Å². The lowest BCUT2D eigenvalue weighted by atomic mass is 10.1. The van der Waals surface area contributed by atoms with Crippen LogP contribution in [0.3, 0.4) is 0 Å². The molecule has 2 aliphatic heterocycles. The number of hydrogen-bond acceptors (Lipinski definition) is 7. The van der Waals surface area contributed by atoms with E-state index in [1.165, 1.54) is 12.8 Å². The maximum Gasteiger partial charge on any atom is 0.490 e. The van der Waals surface area contributed by atoms with Gasteiger partial charge in [0.15, 0.2) is 5.13 Å². The largest absolute Gasteiger partial charge is 0.490 e. The number of carbonyl (C=O) groups is 2. The number of aliphatic carboxylic acids is 1. The van der Waals surface area contributed by atoms with Crippen LogP contribution < -0.4 is 4.90 Å². The van der Waals surface area contributed by atoms with Crippen LogP contribution in [0.15, 0.2) is 17.6 Å². The van der Waals surface area contributed by atoms with Crippen molar-refractivity contribution in [1.29, 1.82) is 0 Å². The van der Waals surface area contributed by atoms with Gasteiger partial charge in [0.25, 0.3) is 5.91 Å². The summed E-state index contributed by atoms with van der Waals surface area (Å²) in [5.74, 6) is -2.81. The highest BCUT2D eigenvalue weighted by atomic mass is 32.1. The normalized spacial score (nSPS) is 19.2. The Kier molecular flexibility index (Phi) is 7.15. The van der Waals surface area contributed by atoms with Gasteiger partial charge in [-0.2, -0.15) is 18.3 Å². The Hall–Kier alpha value is -2.67. The zero-order valence-electron chi connectivity index (χ0n) is 16.7. The molecule has 0 aliphatic carbocycles. The lowest BCUT2D eigenvalue weighted by molar-refractivity contribution is -0.192. The van der Waals surface area contributed by atoms with Crippen molar-refractivity contribution >= 4 is 28.3 Å². The lowest BCUT2D eigenvalue weighted by Gasteiger charge is -2.34. The van der Waals surface area contributed by atoms with Crippen molar-refractivity contribution in [2.24, 2.45) is 7.05 Å². The van der Waals surface area contributed by atoms with Gasteiger partial charge < -0.3 is 19.6 Å². The smallest absolute Gasteiger partial charge is 0.475 e. The van der Waals surface area contributed by atoms with Crippen molar-refractivity contribution in [3.63, 3.8) is 0 Å². The van der Waals surface area contributed by atoms with Gasteiger partial charge in [-0.3, -0.25) is 9.48 Å². The van der Waals surface area contributed by atoms with Crippen LogP contribution in [0.5, 0.6) is 0 Å². The second-order valence-electron chi connectivity index (χ2n) is 7.02. The van der Waals surface area contributed by atoms with E-state index in [9.17, 15) is 18.0 Å². The molecule has 4 rings (SSSR count). The molecule has 2 aromatic rings.